The molecule has 0 fully saturated rings. The smallest absolute Gasteiger partial charge is 0.0257 e. The van der Waals surface area contributed by atoms with Gasteiger partial charge in [0.15, 0.2) is 0 Å². The van der Waals surface area contributed by atoms with Gasteiger partial charge in [-0.05, 0) is 42.2 Å². The number of hydrogen-bond donors (Lipinski definition) is 0. The van der Waals surface area contributed by atoms with Crippen molar-refractivity contribution in [1.82, 2.24) is 0 Å². The highest BCUT2D eigenvalue weighted by atomic mass is 35.5. The minimum atomic E-state index is 0.559. The zero-order valence-corrected chi connectivity index (χ0v) is 13.6. The van der Waals surface area contributed by atoms with E-state index in [0.717, 1.165) is 12.3 Å². The average Bonchev–Trinajstić information content (AvgIpc) is 2.56. The summed E-state index contributed by atoms with van der Waals surface area (Å²) < 4.78 is 0. The van der Waals surface area contributed by atoms with Crippen LogP contribution in [0.1, 0.15) is 43.2 Å². The van der Waals surface area contributed by atoms with Crippen molar-refractivity contribution in [1.29, 1.82) is 0 Å². The molecule has 2 aromatic rings. The molecule has 0 spiro atoms. The lowest BCUT2D eigenvalue weighted by atomic mass is 9.80. The van der Waals surface area contributed by atoms with Crippen LogP contribution in [0.5, 0.6) is 0 Å². The molecule has 0 N–H and O–H groups in total. The Hall–Kier alpha value is -1.27. The molecule has 0 saturated carbocycles. The SMILES string of the molecule is CCCC(CCl)C(CCc1ccccc1)c1ccccc1. The molecule has 21 heavy (non-hydrogen) atoms. The summed E-state index contributed by atoms with van der Waals surface area (Å²) in [5, 5.41) is 0. The van der Waals surface area contributed by atoms with Crippen molar-refractivity contribution in [3.05, 3.63) is 71.8 Å². The largest absolute Gasteiger partial charge is 0.126 e. The highest BCUT2D eigenvalue weighted by molar-refractivity contribution is 6.18. The third-order valence-corrected chi connectivity index (χ3v) is 4.64. The molecule has 1 heteroatoms. The lowest BCUT2D eigenvalue weighted by Gasteiger charge is -2.26. The van der Waals surface area contributed by atoms with Gasteiger partial charge < -0.3 is 0 Å². The first-order valence-corrected chi connectivity index (χ1v) is 8.53. The van der Waals surface area contributed by atoms with Gasteiger partial charge in [0.25, 0.3) is 0 Å². The fourth-order valence-corrected chi connectivity index (χ4v) is 3.47. The summed E-state index contributed by atoms with van der Waals surface area (Å²) in [6.07, 6.45) is 4.70. The van der Waals surface area contributed by atoms with E-state index in [1.165, 1.54) is 30.4 Å². The van der Waals surface area contributed by atoms with Crippen LogP contribution >= 0.6 is 11.6 Å². The third kappa shape index (κ3) is 4.89. The fourth-order valence-electron chi connectivity index (χ4n) is 3.10. The van der Waals surface area contributed by atoms with Crippen molar-refractivity contribution < 1.29 is 0 Å². The van der Waals surface area contributed by atoms with Crippen molar-refractivity contribution >= 4 is 11.6 Å². The van der Waals surface area contributed by atoms with Crippen LogP contribution in [-0.4, -0.2) is 5.88 Å². The quantitative estimate of drug-likeness (QED) is 0.520. The normalized spacial score (nSPS) is 13.8. The number of aryl methyl sites for hydroxylation is 1. The minimum absolute atomic E-state index is 0.559. The Balaban J connectivity index is 2.11. The second-order valence-electron chi connectivity index (χ2n) is 5.74. The van der Waals surface area contributed by atoms with Crippen LogP contribution in [0.15, 0.2) is 60.7 Å². The van der Waals surface area contributed by atoms with Gasteiger partial charge in [-0.25, -0.2) is 0 Å². The summed E-state index contributed by atoms with van der Waals surface area (Å²) in [7, 11) is 0. The molecule has 2 aromatic carbocycles. The molecule has 2 unspecified atom stereocenters. The second-order valence-corrected chi connectivity index (χ2v) is 6.05. The standard InChI is InChI=1S/C20H25Cl/c1-2-9-19(16-21)20(18-12-7-4-8-13-18)15-14-17-10-5-3-6-11-17/h3-8,10-13,19-20H,2,9,14-16H2,1H3. The topological polar surface area (TPSA) is 0 Å². The first-order valence-electron chi connectivity index (χ1n) is 8.00. The van der Waals surface area contributed by atoms with Crippen molar-refractivity contribution in [2.24, 2.45) is 5.92 Å². The number of rotatable bonds is 8. The monoisotopic (exact) mass is 300 g/mol. The Kier molecular flexibility index (Phi) is 6.82. The van der Waals surface area contributed by atoms with Crippen molar-refractivity contribution in [2.75, 3.05) is 5.88 Å². The van der Waals surface area contributed by atoms with E-state index in [9.17, 15) is 0 Å². The van der Waals surface area contributed by atoms with E-state index < -0.39 is 0 Å². The molecule has 0 amide bonds. The highest BCUT2D eigenvalue weighted by Gasteiger charge is 2.21. The van der Waals surface area contributed by atoms with Gasteiger partial charge in [0, 0.05) is 5.88 Å². The Bertz CT molecular complexity index is 492. The molecule has 0 nitrogen and oxygen atoms in total. The summed E-state index contributed by atoms with van der Waals surface area (Å²) in [6.45, 7) is 2.25. The molecule has 0 aromatic heterocycles. The van der Waals surface area contributed by atoms with Crippen molar-refractivity contribution in [3.63, 3.8) is 0 Å². The van der Waals surface area contributed by atoms with Crippen molar-refractivity contribution in [3.8, 4) is 0 Å². The highest BCUT2D eigenvalue weighted by Crippen LogP contribution is 2.33. The van der Waals surface area contributed by atoms with E-state index in [1.807, 2.05) is 0 Å². The second kappa shape index (κ2) is 8.89. The minimum Gasteiger partial charge on any atom is -0.126 e. The maximum atomic E-state index is 6.27. The predicted octanol–water partition coefficient (Wildman–Crippen LogP) is 6.06. The lowest BCUT2D eigenvalue weighted by Crippen LogP contribution is -2.16. The number of benzene rings is 2. The summed E-state index contributed by atoms with van der Waals surface area (Å²) in [5.74, 6) is 1.88. The summed E-state index contributed by atoms with van der Waals surface area (Å²) in [6, 6.07) is 21.6. The number of halogens is 1. The van der Waals surface area contributed by atoms with Crippen LogP contribution in [0.3, 0.4) is 0 Å². The molecular weight excluding hydrogens is 276 g/mol. The maximum absolute atomic E-state index is 6.27. The van der Waals surface area contributed by atoms with Gasteiger partial charge in [0.2, 0.25) is 0 Å². The summed E-state index contributed by atoms with van der Waals surface area (Å²) in [4.78, 5) is 0. The molecule has 0 aliphatic carbocycles. The molecule has 2 rings (SSSR count). The lowest BCUT2D eigenvalue weighted by molar-refractivity contribution is 0.408. The average molecular weight is 301 g/mol. The zero-order chi connectivity index (χ0) is 14.9. The van der Waals surface area contributed by atoms with Crippen LogP contribution in [0.2, 0.25) is 0 Å². The molecule has 0 bridgehead atoms. The van der Waals surface area contributed by atoms with E-state index in [2.05, 4.69) is 67.6 Å². The van der Waals surface area contributed by atoms with Gasteiger partial charge in [0.05, 0.1) is 0 Å². The van der Waals surface area contributed by atoms with Gasteiger partial charge in [-0.15, -0.1) is 11.6 Å². The molecule has 2 atom stereocenters. The van der Waals surface area contributed by atoms with Gasteiger partial charge >= 0.3 is 0 Å². The predicted molar refractivity (Wildman–Crippen MR) is 93.1 cm³/mol. The van der Waals surface area contributed by atoms with E-state index >= 15 is 0 Å². The van der Waals surface area contributed by atoms with E-state index in [0.29, 0.717) is 11.8 Å². The van der Waals surface area contributed by atoms with E-state index in [1.54, 1.807) is 0 Å². The first-order chi connectivity index (χ1) is 10.3. The molecule has 0 saturated heterocycles. The molecular formula is C20H25Cl. The van der Waals surface area contributed by atoms with Crippen molar-refractivity contribution in [2.45, 2.75) is 38.5 Å². The molecule has 0 radical (unpaired) electrons. The van der Waals surface area contributed by atoms with E-state index in [-0.39, 0.29) is 0 Å². The van der Waals surface area contributed by atoms with Crippen LogP contribution in [0, 0.1) is 5.92 Å². The molecule has 0 aliphatic rings. The van der Waals surface area contributed by atoms with Gasteiger partial charge in [-0.1, -0.05) is 74.0 Å². The van der Waals surface area contributed by atoms with Gasteiger partial charge in [0.1, 0.15) is 0 Å². The number of hydrogen-bond acceptors (Lipinski definition) is 0. The number of alkyl halides is 1. The van der Waals surface area contributed by atoms with E-state index in [4.69, 9.17) is 11.6 Å². The Morgan fingerprint density at radius 1 is 0.857 bits per heavy atom. The first kappa shape index (κ1) is 16.1. The van der Waals surface area contributed by atoms with Gasteiger partial charge in [-0.2, -0.15) is 0 Å². The van der Waals surface area contributed by atoms with Crippen LogP contribution in [-0.2, 0) is 6.42 Å². The Morgan fingerprint density at radius 2 is 1.48 bits per heavy atom. The molecule has 112 valence electrons. The summed E-state index contributed by atoms with van der Waals surface area (Å²) >= 11 is 6.27. The van der Waals surface area contributed by atoms with Crippen LogP contribution in [0.25, 0.3) is 0 Å². The zero-order valence-electron chi connectivity index (χ0n) is 12.8. The Morgan fingerprint density at radius 3 is 2.05 bits per heavy atom. The third-order valence-electron chi connectivity index (χ3n) is 4.24. The molecule has 0 aliphatic heterocycles. The summed E-state index contributed by atoms with van der Waals surface area (Å²) in [5.41, 5.74) is 2.86. The fraction of sp³-hybridized carbons (Fsp3) is 0.400. The van der Waals surface area contributed by atoms with Crippen LogP contribution < -0.4 is 0 Å². The Labute approximate surface area is 134 Å². The van der Waals surface area contributed by atoms with Crippen LogP contribution in [0.4, 0.5) is 0 Å². The molecule has 0 heterocycles. The van der Waals surface area contributed by atoms with Gasteiger partial charge in [-0.3, -0.25) is 0 Å². The maximum Gasteiger partial charge on any atom is 0.0257 e.